The molecule has 2 atom stereocenters. The molecular formula is C27H43N3O3Si. The first-order chi connectivity index (χ1) is 15.8. The van der Waals surface area contributed by atoms with Gasteiger partial charge in [-0.15, -0.1) is 11.5 Å². The van der Waals surface area contributed by atoms with E-state index in [1.807, 2.05) is 20.8 Å². The van der Waals surface area contributed by atoms with Crippen molar-refractivity contribution in [1.82, 2.24) is 15.2 Å². The Hall–Kier alpha value is -2.33. The van der Waals surface area contributed by atoms with Gasteiger partial charge in [0.05, 0.1) is 0 Å². The highest BCUT2D eigenvalue weighted by molar-refractivity contribution is 6.90. The van der Waals surface area contributed by atoms with Crippen LogP contribution in [-0.4, -0.2) is 54.7 Å². The van der Waals surface area contributed by atoms with Gasteiger partial charge in [-0.1, -0.05) is 47.6 Å². The molecule has 0 saturated carbocycles. The van der Waals surface area contributed by atoms with Crippen LogP contribution in [0.4, 0.5) is 4.79 Å². The molecule has 1 fully saturated rings. The second-order valence-electron chi connectivity index (χ2n) is 11.4. The number of likely N-dealkylation sites (tertiary alicyclic amines) is 1. The molecule has 0 spiro atoms. The number of amides is 2. The number of hydrogen-bond acceptors (Lipinski definition) is 4. The molecular weight excluding hydrogens is 442 g/mol. The van der Waals surface area contributed by atoms with Gasteiger partial charge in [0.25, 0.3) is 5.91 Å². The van der Waals surface area contributed by atoms with Crippen molar-refractivity contribution in [2.45, 2.75) is 97.0 Å². The minimum atomic E-state index is -1.90. The lowest BCUT2D eigenvalue weighted by Gasteiger charge is -2.39. The molecule has 2 heterocycles. The summed E-state index contributed by atoms with van der Waals surface area (Å²) in [7, 11) is -1.90. The Balaban J connectivity index is 2.32. The summed E-state index contributed by atoms with van der Waals surface area (Å²) in [5.41, 5.74) is 5.18. The molecule has 1 saturated heterocycles. The minimum Gasteiger partial charge on any atom is -0.444 e. The Morgan fingerprint density at radius 2 is 1.71 bits per heavy atom. The van der Waals surface area contributed by atoms with E-state index < -0.39 is 13.7 Å². The van der Waals surface area contributed by atoms with Gasteiger partial charge in [0.15, 0.2) is 0 Å². The van der Waals surface area contributed by atoms with Gasteiger partial charge in [-0.3, -0.25) is 9.78 Å². The van der Waals surface area contributed by atoms with Crippen molar-refractivity contribution < 1.29 is 14.3 Å². The molecule has 1 N–H and O–H groups in total. The second kappa shape index (κ2) is 11.4. The number of carbonyl (C=O) groups excluding carboxylic acids is 2. The minimum absolute atomic E-state index is 0.0292. The Labute approximate surface area is 207 Å². The molecule has 1 aromatic rings. The third kappa shape index (κ3) is 7.08. The predicted molar refractivity (Wildman–Crippen MR) is 140 cm³/mol. The monoisotopic (exact) mass is 485 g/mol. The number of nitrogens with zero attached hydrogens (tertiary/aromatic N) is 2. The van der Waals surface area contributed by atoms with Crippen molar-refractivity contribution in [3.63, 3.8) is 0 Å². The molecule has 7 heteroatoms. The number of aromatic nitrogens is 1. The lowest BCUT2D eigenvalue weighted by Crippen LogP contribution is -2.53. The topological polar surface area (TPSA) is 71.5 Å². The number of nitrogens with one attached hydrogen (secondary N) is 1. The fraction of sp³-hybridized carbons (Fsp3) is 0.667. The van der Waals surface area contributed by atoms with Gasteiger partial charge in [0, 0.05) is 31.2 Å². The fourth-order valence-corrected chi connectivity index (χ4v) is 10.5. The lowest BCUT2D eigenvalue weighted by molar-refractivity contribution is 0.0155. The van der Waals surface area contributed by atoms with Gasteiger partial charge in [-0.05, 0) is 55.9 Å². The summed E-state index contributed by atoms with van der Waals surface area (Å²) < 4.78 is 5.65. The van der Waals surface area contributed by atoms with E-state index in [4.69, 9.17) is 4.74 Å². The van der Waals surface area contributed by atoms with Crippen LogP contribution in [0.25, 0.3) is 0 Å². The molecule has 2 amide bonds. The normalized spacial score (nSPS) is 19.1. The van der Waals surface area contributed by atoms with E-state index in [0.29, 0.717) is 41.8 Å². The maximum atomic E-state index is 12.9. The zero-order chi connectivity index (χ0) is 25.7. The Morgan fingerprint density at radius 1 is 1.09 bits per heavy atom. The molecule has 188 valence electrons. The lowest BCUT2D eigenvalue weighted by atomic mass is 9.95. The van der Waals surface area contributed by atoms with Gasteiger partial charge in [0.2, 0.25) is 0 Å². The number of piperidine rings is 1. The second-order valence-corrected chi connectivity index (χ2v) is 16.9. The summed E-state index contributed by atoms with van der Waals surface area (Å²) in [5.74, 6) is 3.33. The van der Waals surface area contributed by atoms with E-state index in [1.54, 1.807) is 29.3 Å². The van der Waals surface area contributed by atoms with E-state index in [9.17, 15) is 9.59 Å². The molecule has 1 aliphatic heterocycles. The van der Waals surface area contributed by atoms with Crippen molar-refractivity contribution in [2.75, 3.05) is 13.1 Å². The van der Waals surface area contributed by atoms with Crippen LogP contribution in [0, 0.1) is 17.4 Å². The summed E-state index contributed by atoms with van der Waals surface area (Å²) in [4.78, 5) is 31.5. The van der Waals surface area contributed by atoms with E-state index in [1.165, 1.54) is 0 Å². The number of hydrogen-bond donors (Lipinski definition) is 1. The standard InChI is InChI=1S/C27H43N3O3Si/c1-19(2)34(20(3)4,21(5)6)15-13-22-16-23(29-25(31)24-12-10-11-14-28-24)18-30(17-22)26(32)33-27(7,8)9/h10-12,14,19-23H,16-18H2,1-9H3,(H,29,31)/t22?,23-/m1/s1. The highest BCUT2D eigenvalue weighted by Crippen LogP contribution is 2.41. The average molecular weight is 486 g/mol. The molecule has 0 aliphatic carbocycles. The summed E-state index contributed by atoms with van der Waals surface area (Å²) in [6.07, 6.45) is 1.94. The quantitative estimate of drug-likeness (QED) is 0.432. The summed E-state index contributed by atoms with van der Waals surface area (Å²) in [6, 6.07) is 5.04. The first kappa shape index (κ1) is 27.9. The van der Waals surface area contributed by atoms with Crippen LogP contribution < -0.4 is 5.32 Å². The van der Waals surface area contributed by atoms with Gasteiger partial charge in [0.1, 0.15) is 19.4 Å². The zero-order valence-corrected chi connectivity index (χ0v) is 23.4. The molecule has 34 heavy (non-hydrogen) atoms. The highest BCUT2D eigenvalue weighted by Gasteiger charge is 2.42. The third-order valence-electron chi connectivity index (χ3n) is 6.69. The molecule has 1 aromatic heterocycles. The Kier molecular flexibility index (Phi) is 9.35. The maximum absolute atomic E-state index is 12.9. The Bertz CT molecular complexity index is 875. The average Bonchev–Trinajstić information content (AvgIpc) is 2.72. The van der Waals surface area contributed by atoms with Gasteiger partial charge in [-0.2, -0.15) is 0 Å². The largest absolute Gasteiger partial charge is 0.444 e. The summed E-state index contributed by atoms with van der Waals surface area (Å²) in [5, 5.41) is 3.07. The number of carbonyl (C=O) groups is 2. The van der Waals surface area contributed by atoms with Gasteiger partial charge >= 0.3 is 6.09 Å². The summed E-state index contributed by atoms with van der Waals surface area (Å²) >= 11 is 0. The van der Waals surface area contributed by atoms with Crippen LogP contribution in [0.2, 0.25) is 16.6 Å². The number of pyridine rings is 1. The zero-order valence-electron chi connectivity index (χ0n) is 22.4. The molecule has 6 nitrogen and oxygen atoms in total. The van der Waals surface area contributed by atoms with Crippen LogP contribution in [0.15, 0.2) is 24.4 Å². The number of rotatable bonds is 5. The van der Waals surface area contributed by atoms with Gasteiger partial charge < -0.3 is 15.0 Å². The van der Waals surface area contributed by atoms with E-state index >= 15 is 0 Å². The molecule has 0 aromatic carbocycles. The van der Waals surface area contributed by atoms with Crippen LogP contribution in [0.3, 0.4) is 0 Å². The summed E-state index contributed by atoms with van der Waals surface area (Å²) in [6.45, 7) is 20.3. The first-order valence-corrected chi connectivity index (χ1v) is 14.7. The van der Waals surface area contributed by atoms with Crippen LogP contribution in [-0.2, 0) is 4.74 Å². The van der Waals surface area contributed by atoms with Crippen molar-refractivity contribution in [3.05, 3.63) is 30.1 Å². The van der Waals surface area contributed by atoms with Crippen molar-refractivity contribution >= 4 is 20.1 Å². The third-order valence-corrected chi connectivity index (χ3v) is 13.0. The number of ether oxygens (including phenoxy) is 1. The van der Waals surface area contributed by atoms with Crippen LogP contribution in [0.1, 0.15) is 79.2 Å². The van der Waals surface area contributed by atoms with Crippen LogP contribution >= 0.6 is 0 Å². The van der Waals surface area contributed by atoms with Crippen molar-refractivity contribution in [1.29, 1.82) is 0 Å². The smallest absolute Gasteiger partial charge is 0.410 e. The molecule has 0 bridgehead atoms. The molecule has 1 unspecified atom stereocenters. The van der Waals surface area contributed by atoms with E-state index in [-0.39, 0.29) is 24.0 Å². The molecule has 0 radical (unpaired) electrons. The van der Waals surface area contributed by atoms with E-state index in [0.717, 1.165) is 0 Å². The highest BCUT2D eigenvalue weighted by atomic mass is 28.3. The van der Waals surface area contributed by atoms with Crippen LogP contribution in [0.5, 0.6) is 0 Å². The van der Waals surface area contributed by atoms with E-state index in [2.05, 4.69) is 63.3 Å². The predicted octanol–water partition coefficient (Wildman–Crippen LogP) is 5.66. The van der Waals surface area contributed by atoms with Crippen molar-refractivity contribution in [3.8, 4) is 11.5 Å². The molecule has 1 aliphatic rings. The Morgan fingerprint density at radius 3 is 2.21 bits per heavy atom. The fourth-order valence-electron chi connectivity index (χ4n) is 5.20. The molecule has 2 rings (SSSR count). The SMILES string of the molecule is CC(C)[Si](C#CC1C[C@@H](NC(=O)c2ccccn2)CN(C(=O)OC(C)(C)C)C1)(C(C)C)C(C)C. The maximum Gasteiger partial charge on any atom is 0.410 e. The first-order valence-electron chi connectivity index (χ1n) is 12.5. The van der Waals surface area contributed by atoms with Crippen molar-refractivity contribution in [2.24, 2.45) is 5.92 Å². The van der Waals surface area contributed by atoms with Gasteiger partial charge in [-0.25, -0.2) is 4.79 Å².